The number of ether oxygens (including phenoxy) is 2. The van der Waals surface area contributed by atoms with E-state index in [1.165, 1.54) is 19.3 Å². The zero-order valence-electron chi connectivity index (χ0n) is 12.6. The maximum atomic E-state index is 11.6. The third-order valence-corrected chi connectivity index (χ3v) is 3.68. The van der Waals surface area contributed by atoms with Gasteiger partial charge in [-0.15, -0.1) is 0 Å². The summed E-state index contributed by atoms with van der Waals surface area (Å²) >= 11 is 0. The van der Waals surface area contributed by atoms with E-state index in [9.17, 15) is 4.79 Å². The molecule has 0 spiro atoms. The molecular weight excluding hydrogens is 266 g/mol. The molecule has 116 valence electrons. The van der Waals surface area contributed by atoms with Crippen LogP contribution in [0.4, 0.5) is 4.79 Å². The van der Waals surface area contributed by atoms with Gasteiger partial charge >= 0.3 is 6.09 Å². The average Bonchev–Trinajstić information content (AvgIpc) is 2.53. The molecule has 1 saturated carbocycles. The van der Waals surface area contributed by atoms with Crippen molar-refractivity contribution < 1.29 is 14.3 Å². The molecule has 1 aliphatic rings. The molecule has 1 fully saturated rings. The molecule has 21 heavy (non-hydrogen) atoms. The van der Waals surface area contributed by atoms with Crippen LogP contribution in [-0.2, 0) is 4.74 Å². The van der Waals surface area contributed by atoms with Gasteiger partial charge < -0.3 is 14.8 Å². The molecule has 2 rings (SSSR count). The van der Waals surface area contributed by atoms with Crippen LogP contribution in [0.15, 0.2) is 30.3 Å². The smallest absolute Gasteiger partial charge is 0.407 e. The van der Waals surface area contributed by atoms with Crippen LogP contribution in [0.25, 0.3) is 0 Å². The number of rotatable bonds is 7. The van der Waals surface area contributed by atoms with E-state index in [0.29, 0.717) is 13.2 Å². The van der Waals surface area contributed by atoms with Gasteiger partial charge in [-0.1, -0.05) is 24.6 Å². The number of unbranched alkanes of at least 4 members (excludes halogenated alkanes) is 1. The minimum atomic E-state index is -0.272. The summed E-state index contributed by atoms with van der Waals surface area (Å²) in [5, 5.41) is 2.81. The average molecular weight is 291 g/mol. The predicted molar refractivity (Wildman–Crippen MR) is 82.5 cm³/mol. The summed E-state index contributed by atoms with van der Waals surface area (Å²) in [5.41, 5.74) is 0. The Kier molecular flexibility index (Phi) is 6.92. The Bertz CT molecular complexity index is 402. The molecule has 0 saturated heterocycles. The lowest BCUT2D eigenvalue weighted by Gasteiger charge is -2.21. The molecule has 0 atom stereocenters. The number of nitrogens with one attached hydrogen (secondary N) is 1. The first-order chi connectivity index (χ1) is 10.3. The van der Waals surface area contributed by atoms with E-state index >= 15 is 0 Å². The zero-order chi connectivity index (χ0) is 14.8. The van der Waals surface area contributed by atoms with Gasteiger partial charge in [0, 0.05) is 6.54 Å². The van der Waals surface area contributed by atoms with Crippen LogP contribution in [0.2, 0.25) is 0 Å². The fourth-order valence-electron chi connectivity index (χ4n) is 2.50. The van der Waals surface area contributed by atoms with Gasteiger partial charge in [-0.2, -0.15) is 0 Å². The molecule has 1 N–H and O–H groups in total. The van der Waals surface area contributed by atoms with Gasteiger partial charge in [0.1, 0.15) is 11.9 Å². The predicted octanol–water partition coefficient (Wildman–Crippen LogP) is 3.90. The highest BCUT2D eigenvalue weighted by molar-refractivity contribution is 5.67. The van der Waals surface area contributed by atoms with Gasteiger partial charge in [0.05, 0.1) is 6.61 Å². The Balaban J connectivity index is 1.46. The molecular formula is C17H25NO3. The number of carbonyl (C=O) groups is 1. The van der Waals surface area contributed by atoms with E-state index in [0.717, 1.165) is 31.4 Å². The van der Waals surface area contributed by atoms with E-state index in [1.54, 1.807) is 0 Å². The Labute approximate surface area is 126 Å². The molecule has 0 unspecified atom stereocenters. The molecule has 4 nitrogen and oxygen atoms in total. The number of hydrogen-bond donors (Lipinski definition) is 1. The van der Waals surface area contributed by atoms with Crippen molar-refractivity contribution in [2.45, 2.75) is 51.0 Å². The summed E-state index contributed by atoms with van der Waals surface area (Å²) in [7, 11) is 0. The molecule has 1 amide bonds. The lowest BCUT2D eigenvalue weighted by atomic mass is 9.98. The van der Waals surface area contributed by atoms with E-state index < -0.39 is 0 Å². The highest BCUT2D eigenvalue weighted by Gasteiger charge is 2.16. The molecule has 1 aromatic rings. The van der Waals surface area contributed by atoms with E-state index in [1.807, 2.05) is 30.3 Å². The highest BCUT2D eigenvalue weighted by Crippen LogP contribution is 2.20. The van der Waals surface area contributed by atoms with Crippen LogP contribution in [0.5, 0.6) is 5.75 Å². The standard InChI is InChI=1S/C17H25NO3/c19-17(21-16-11-5-2-6-12-16)18-13-7-8-14-20-15-9-3-1-4-10-15/h1,3-4,9-10,16H,2,5-8,11-14H2,(H,18,19). The second-order valence-corrected chi connectivity index (χ2v) is 5.46. The normalized spacial score (nSPS) is 15.4. The van der Waals surface area contributed by atoms with Crippen molar-refractivity contribution in [3.8, 4) is 5.75 Å². The highest BCUT2D eigenvalue weighted by atomic mass is 16.6. The Hall–Kier alpha value is -1.71. The Morgan fingerprint density at radius 2 is 1.86 bits per heavy atom. The first kappa shape index (κ1) is 15.7. The molecule has 1 aromatic carbocycles. The van der Waals surface area contributed by atoms with Gasteiger partial charge in [0.2, 0.25) is 0 Å². The topological polar surface area (TPSA) is 47.6 Å². The van der Waals surface area contributed by atoms with Crippen molar-refractivity contribution >= 4 is 6.09 Å². The van der Waals surface area contributed by atoms with Crippen LogP contribution in [0.1, 0.15) is 44.9 Å². The third-order valence-electron chi connectivity index (χ3n) is 3.68. The van der Waals surface area contributed by atoms with E-state index in [4.69, 9.17) is 9.47 Å². The minimum Gasteiger partial charge on any atom is -0.494 e. The summed E-state index contributed by atoms with van der Waals surface area (Å²) in [5.74, 6) is 0.891. The summed E-state index contributed by atoms with van der Waals surface area (Å²) < 4.78 is 11.0. The number of benzene rings is 1. The lowest BCUT2D eigenvalue weighted by molar-refractivity contribution is 0.0752. The fourth-order valence-corrected chi connectivity index (χ4v) is 2.50. The Morgan fingerprint density at radius 1 is 1.10 bits per heavy atom. The second kappa shape index (κ2) is 9.27. The first-order valence-corrected chi connectivity index (χ1v) is 7.97. The minimum absolute atomic E-state index is 0.125. The second-order valence-electron chi connectivity index (χ2n) is 5.46. The number of carbonyl (C=O) groups excluding carboxylic acids is 1. The van der Waals surface area contributed by atoms with Crippen molar-refractivity contribution in [2.24, 2.45) is 0 Å². The number of amides is 1. The van der Waals surface area contributed by atoms with Gasteiger partial charge in [0.25, 0.3) is 0 Å². The van der Waals surface area contributed by atoms with Crippen molar-refractivity contribution in [2.75, 3.05) is 13.2 Å². The van der Waals surface area contributed by atoms with Crippen LogP contribution in [-0.4, -0.2) is 25.3 Å². The van der Waals surface area contributed by atoms with Crippen LogP contribution < -0.4 is 10.1 Å². The number of para-hydroxylation sites is 1. The van der Waals surface area contributed by atoms with Crippen molar-refractivity contribution in [3.63, 3.8) is 0 Å². The largest absolute Gasteiger partial charge is 0.494 e. The quantitative estimate of drug-likeness (QED) is 0.775. The van der Waals surface area contributed by atoms with E-state index in [-0.39, 0.29) is 12.2 Å². The lowest BCUT2D eigenvalue weighted by Crippen LogP contribution is -2.30. The molecule has 4 heteroatoms. The summed E-state index contributed by atoms with van der Waals surface area (Å²) in [6, 6.07) is 9.77. The molecule has 0 aliphatic heterocycles. The third kappa shape index (κ3) is 6.52. The van der Waals surface area contributed by atoms with Crippen LogP contribution in [0.3, 0.4) is 0 Å². The van der Waals surface area contributed by atoms with Crippen molar-refractivity contribution in [1.29, 1.82) is 0 Å². The summed E-state index contributed by atoms with van der Waals surface area (Å²) in [4.78, 5) is 11.6. The first-order valence-electron chi connectivity index (χ1n) is 7.97. The molecule has 0 heterocycles. The van der Waals surface area contributed by atoms with Gasteiger partial charge in [-0.05, 0) is 50.7 Å². The van der Waals surface area contributed by atoms with Gasteiger partial charge in [0.15, 0.2) is 0 Å². The van der Waals surface area contributed by atoms with Gasteiger partial charge in [-0.3, -0.25) is 0 Å². The Morgan fingerprint density at radius 3 is 2.62 bits per heavy atom. The van der Waals surface area contributed by atoms with E-state index in [2.05, 4.69) is 5.32 Å². The zero-order valence-corrected chi connectivity index (χ0v) is 12.6. The number of alkyl carbamates (subject to hydrolysis) is 1. The SMILES string of the molecule is O=C(NCCCCOc1ccccc1)OC1CCCCC1. The molecule has 0 radical (unpaired) electrons. The van der Waals surface area contributed by atoms with Gasteiger partial charge in [-0.25, -0.2) is 4.79 Å². The number of hydrogen-bond acceptors (Lipinski definition) is 3. The summed E-state index contributed by atoms with van der Waals surface area (Å²) in [6.45, 7) is 1.31. The monoisotopic (exact) mass is 291 g/mol. The maximum Gasteiger partial charge on any atom is 0.407 e. The van der Waals surface area contributed by atoms with Crippen molar-refractivity contribution in [3.05, 3.63) is 30.3 Å². The molecule has 1 aliphatic carbocycles. The van der Waals surface area contributed by atoms with Crippen molar-refractivity contribution in [1.82, 2.24) is 5.32 Å². The van der Waals surface area contributed by atoms with Crippen LogP contribution in [0, 0.1) is 0 Å². The molecule has 0 bridgehead atoms. The summed E-state index contributed by atoms with van der Waals surface area (Å²) in [6.07, 6.45) is 7.31. The van der Waals surface area contributed by atoms with Crippen LogP contribution >= 0.6 is 0 Å². The fraction of sp³-hybridized carbons (Fsp3) is 0.588. The molecule has 0 aromatic heterocycles. The maximum absolute atomic E-state index is 11.6.